The first kappa shape index (κ1) is 17.4. The van der Waals surface area contributed by atoms with Crippen LogP contribution in [-0.4, -0.2) is 56.6 Å². The summed E-state index contributed by atoms with van der Waals surface area (Å²) in [4.78, 5) is 6.71. The Morgan fingerprint density at radius 1 is 0.944 bits per heavy atom. The average Bonchev–Trinajstić information content (AvgIpc) is 2.30. The van der Waals surface area contributed by atoms with Crippen LogP contribution in [0.25, 0.3) is 0 Å². The second-order valence-electron chi connectivity index (χ2n) is 5.68. The number of quaternary nitrogens is 1. The molecule has 0 atom stereocenters. The SMILES string of the molecule is CCCCC[N+](C)(CCCCC)C(=NC)N(C)C. The Bertz CT molecular complexity index is 224. The maximum absolute atomic E-state index is 4.53. The molecule has 0 heterocycles. The largest absolute Gasteiger partial charge is 0.317 e. The normalized spacial score (nSPS) is 12.9. The second-order valence-corrected chi connectivity index (χ2v) is 5.68. The predicted molar refractivity (Wildman–Crippen MR) is 82.0 cm³/mol. The van der Waals surface area contributed by atoms with Gasteiger partial charge in [-0.3, -0.25) is 4.48 Å². The van der Waals surface area contributed by atoms with Crippen molar-refractivity contribution in [2.24, 2.45) is 4.99 Å². The van der Waals surface area contributed by atoms with E-state index in [1.54, 1.807) is 0 Å². The van der Waals surface area contributed by atoms with Crippen LogP contribution in [0, 0.1) is 0 Å². The molecule has 108 valence electrons. The highest BCUT2D eigenvalue weighted by Gasteiger charge is 2.29. The highest BCUT2D eigenvalue weighted by atomic mass is 15.5. The molecule has 0 aromatic rings. The Hall–Kier alpha value is -0.570. The quantitative estimate of drug-likeness (QED) is 0.281. The number of unbranched alkanes of at least 4 members (excludes halogenated alkanes) is 4. The maximum Gasteiger partial charge on any atom is 0.299 e. The minimum atomic E-state index is 0.990. The van der Waals surface area contributed by atoms with Crippen LogP contribution < -0.4 is 0 Å². The summed E-state index contributed by atoms with van der Waals surface area (Å²) in [6.07, 6.45) is 7.82. The summed E-state index contributed by atoms with van der Waals surface area (Å²) in [6, 6.07) is 0. The Balaban J connectivity index is 4.66. The molecule has 3 heteroatoms. The van der Waals surface area contributed by atoms with E-state index in [0.717, 1.165) is 4.48 Å². The van der Waals surface area contributed by atoms with Gasteiger partial charge in [0.05, 0.1) is 20.1 Å². The van der Waals surface area contributed by atoms with Crippen molar-refractivity contribution in [3.63, 3.8) is 0 Å². The molecule has 0 rings (SSSR count). The van der Waals surface area contributed by atoms with E-state index in [0.29, 0.717) is 0 Å². The van der Waals surface area contributed by atoms with Crippen LogP contribution in [0.3, 0.4) is 0 Å². The first-order valence-corrected chi connectivity index (χ1v) is 7.51. The summed E-state index contributed by atoms with van der Waals surface area (Å²) in [6.45, 7) is 6.95. The van der Waals surface area contributed by atoms with E-state index < -0.39 is 0 Å². The monoisotopic (exact) mass is 256 g/mol. The molecule has 0 aromatic heterocycles. The molecule has 0 bridgehead atoms. The molecule has 0 fully saturated rings. The fourth-order valence-corrected chi connectivity index (χ4v) is 2.66. The zero-order valence-electron chi connectivity index (χ0n) is 13.5. The molecule has 0 saturated carbocycles. The van der Waals surface area contributed by atoms with Crippen molar-refractivity contribution in [2.75, 3.05) is 41.3 Å². The summed E-state index contributed by atoms with van der Waals surface area (Å²) in [5, 5.41) is 0. The summed E-state index contributed by atoms with van der Waals surface area (Å²) in [7, 11) is 8.48. The van der Waals surface area contributed by atoms with Crippen molar-refractivity contribution < 1.29 is 4.48 Å². The molecule has 0 aliphatic rings. The average molecular weight is 256 g/mol. The highest BCUT2D eigenvalue weighted by Crippen LogP contribution is 2.13. The van der Waals surface area contributed by atoms with Gasteiger partial charge in [0, 0.05) is 21.1 Å². The number of hydrogen-bond donors (Lipinski definition) is 0. The Kier molecular flexibility index (Phi) is 9.08. The van der Waals surface area contributed by atoms with Gasteiger partial charge in [0.1, 0.15) is 0 Å². The third-order valence-electron chi connectivity index (χ3n) is 3.59. The number of nitrogens with zero attached hydrogens (tertiary/aromatic N) is 3. The molecule has 0 saturated heterocycles. The minimum absolute atomic E-state index is 0.990. The van der Waals surface area contributed by atoms with E-state index in [1.165, 1.54) is 57.6 Å². The lowest BCUT2D eigenvalue weighted by atomic mass is 10.2. The molecule has 0 spiro atoms. The van der Waals surface area contributed by atoms with Crippen molar-refractivity contribution in [1.29, 1.82) is 0 Å². The van der Waals surface area contributed by atoms with Gasteiger partial charge in [0.2, 0.25) is 0 Å². The van der Waals surface area contributed by atoms with Crippen molar-refractivity contribution in [2.45, 2.75) is 52.4 Å². The van der Waals surface area contributed by atoms with Crippen LogP contribution in [0.4, 0.5) is 0 Å². The van der Waals surface area contributed by atoms with E-state index in [1.807, 2.05) is 7.05 Å². The van der Waals surface area contributed by atoms with E-state index in [9.17, 15) is 0 Å². The van der Waals surface area contributed by atoms with Gasteiger partial charge in [0.15, 0.2) is 0 Å². The standard InChI is InChI=1S/C15H34N3/c1-7-9-11-13-18(6,14-12-10-8-2)15(16-3)17(4)5/h7-14H2,1-6H3/q+1. The van der Waals surface area contributed by atoms with Gasteiger partial charge in [-0.2, -0.15) is 0 Å². The highest BCUT2D eigenvalue weighted by molar-refractivity contribution is 5.72. The second kappa shape index (κ2) is 9.37. The fraction of sp³-hybridized carbons (Fsp3) is 0.933. The van der Waals surface area contributed by atoms with E-state index >= 15 is 0 Å². The van der Waals surface area contributed by atoms with Gasteiger partial charge < -0.3 is 4.90 Å². The maximum atomic E-state index is 4.53. The van der Waals surface area contributed by atoms with Crippen LogP contribution in [0.15, 0.2) is 4.99 Å². The van der Waals surface area contributed by atoms with Crippen LogP contribution in [0.1, 0.15) is 52.4 Å². The number of hydrogen-bond acceptors (Lipinski definition) is 1. The Morgan fingerprint density at radius 3 is 1.67 bits per heavy atom. The van der Waals surface area contributed by atoms with Gasteiger partial charge in [-0.1, -0.05) is 26.7 Å². The third kappa shape index (κ3) is 5.85. The van der Waals surface area contributed by atoms with Gasteiger partial charge in [0.25, 0.3) is 5.96 Å². The first-order valence-electron chi connectivity index (χ1n) is 7.51. The lowest BCUT2D eigenvalue weighted by Crippen LogP contribution is -2.56. The van der Waals surface area contributed by atoms with Gasteiger partial charge in [-0.05, 0) is 25.7 Å². The summed E-state index contributed by atoms with van der Waals surface area (Å²) in [5.74, 6) is 1.21. The van der Waals surface area contributed by atoms with Crippen molar-refractivity contribution in [3.8, 4) is 0 Å². The Morgan fingerprint density at radius 2 is 1.39 bits per heavy atom. The molecule has 0 aliphatic carbocycles. The number of aliphatic imine (C=N–C) groups is 1. The van der Waals surface area contributed by atoms with Crippen LogP contribution in [0.5, 0.6) is 0 Å². The number of rotatable bonds is 8. The van der Waals surface area contributed by atoms with E-state index in [2.05, 4.69) is 44.9 Å². The summed E-state index contributed by atoms with van der Waals surface area (Å²) in [5.41, 5.74) is 0. The smallest absolute Gasteiger partial charge is 0.299 e. The topological polar surface area (TPSA) is 15.6 Å². The number of guanidine groups is 1. The Labute approximate surface area is 114 Å². The summed E-state index contributed by atoms with van der Waals surface area (Å²) >= 11 is 0. The zero-order valence-corrected chi connectivity index (χ0v) is 13.5. The van der Waals surface area contributed by atoms with E-state index in [-0.39, 0.29) is 0 Å². The lowest BCUT2D eigenvalue weighted by molar-refractivity contribution is -0.827. The van der Waals surface area contributed by atoms with Gasteiger partial charge in [-0.15, -0.1) is 0 Å². The van der Waals surface area contributed by atoms with Gasteiger partial charge in [-0.25, -0.2) is 4.99 Å². The molecule has 0 amide bonds. The first-order chi connectivity index (χ1) is 8.51. The predicted octanol–water partition coefficient (Wildman–Crippen LogP) is 3.36. The van der Waals surface area contributed by atoms with Crippen LogP contribution in [0.2, 0.25) is 0 Å². The molecular formula is C15H34N3+. The zero-order chi connectivity index (χ0) is 14.0. The lowest BCUT2D eigenvalue weighted by Gasteiger charge is -2.37. The molecule has 0 aliphatic heterocycles. The molecular weight excluding hydrogens is 222 g/mol. The van der Waals surface area contributed by atoms with Crippen LogP contribution >= 0.6 is 0 Å². The van der Waals surface area contributed by atoms with E-state index in [4.69, 9.17) is 0 Å². The van der Waals surface area contributed by atoms with Crippen molar-refractivity contribution in [1.82, 2.24) is 4.90 Å². The fourth-order valence-electron chi connectivity index (χ4n) is 2.66. The van der Waals surface area contributed by atoms with Crippen LogP contribution in [-0.2, 0) is 0 Å². The molecule has 18 heavy (non-hydrogen) atoms. The molecule has 0 aromatic carbocycles. The summed E-state index contributed by atoms with van der Waals surface area (Å²) < 4.78 is 0.990. The van der Waals surface area contributed by atoms with Crippen molar-refractivity contribution >= 4 is 5.96 Å². The van der Waals surface area contributed by atoms with Crippen molar-refractivity contribution in [3.05, 3.63) is 0 Å². The third-order valence-corrected chi connectivity index (χ3v) is 3.59. The minimum Gasteiger partial charge on any atom is -0.317 e. The van der Waals surface area contributed by atoms with Gasteiger partial charge >= 0.3 is 0 Å². The molecule has 0 radical (unpaired) electrons. The molecule has 3 nitrogen and oxygen atoms in total. The molecule has 0 N–H and O–H groups in total. The molecule has 0 unspecified atom stereocenters.